The van der Waals surface area contributed by atoms with Gasteiger partial charge in [0.05, 0.1) is 0 Å². The molecule has 2 rings (SSSR count). The van der Waals surface area contributed by atoms with Crippen molar-refractivity contribution in [3.05, 3.63) is 66.2 Å². The SMILES string of the molecule is O=S(=O)(CSCCNCc1ccccc1)Nc1ccccc1. The summed E-state index contributed by atoms with van der Waals surface area (Å²) in [6.45, 7) is 1.58. The van der Waals surface area contributed by atoms with Gasteiger partial charge < -0.3 is 5.32 Å². The molecule has 0 fully saturated rings. The molecular weight excluding hydrogens is 316 g/mol. The molecule has 0 bridgehead atoms. The minimum absolute atomic E-state index is 0.0644. The topological polar surface area (TPSA) is 58.2 Å². The number of rotatable bonds is 9. The van der Waals surface area contributed by atoms with E-state index in [2.05, 4.69) is 22.2 Å². The number of anilines is 1. The Hall–Kier alpha value is -1.50. The van der Waals surface area contributed by atoms with Gasteiger partial charge in [0, 0.05) is 24.5 Å². The summed E-state index contributed by atoms with van der Waals surface area (Å²) in [5, 5.41) is 3.37. The zero-order chi connectivity index (χ0) is 15.7. The highest BCUT2D eigenvalue weighted by atomic mass is 32.3. The fraction of sp³-hybridized carbons (Fsp3) is 0.250. The van der Waals surface area contributed by atoms with Crippen molar-refractivity contribution in [3.63, 3.8) is 0 Å². The molecule has 118 valence electrons. The van der Waals surface area contributed by atoms with E-state index in [1.54, 1.807) is 24.3 Å². The van der Waals surface area contributed by atoms with Crippen molar-refractivity contribution < 1.29 is 8.42 Å². The lowest BCUT2D eigenvalue weighted by Gasteiger charge is -2.08. The lowest BCUT2D eigenvalue weighted by Crippen LogP contribution is -2.19. The average Bonchev–Trinajstić information content (AvgIpc) is 2.52. The second-order valence-corrected chi connectivity index (χ2v) is 7.96. The highest BCUT2D eigenvalue weighted by molar-refractivity contribution is 8.12. The minimum Gasteiger partial charge on any atom is -0.312 e. The van der Waals surface area contributed by atoms with Gasteiger partial charge in [-0.3, -0.25) is 4.72 Å². The standard InChI is InChI=1S/C16H20N2O2S2/c19-22(20,18-16-9-5-2-6-10-16)14-21-12-11-17-13-15-7-3-1-4-8-15/h1-10,17-18H,11-14H2. The van der Waals surface area contributed by atoms with Crippen LogP contribution in [-0.4, -0.2) is 25.8 Å². The molecule has 0 heterocycles. The van der Waals surface area contributed by atoms with Crippen LogP contribution in [0.4, 0.5) is 5.69 Å². The molecule has 0 unspecified atom stereocenters. The average molecular weight is 336 g/mol. The van der Waals surface area contributed by atoms with Crippen molar-refractivity contribution >= 4 is 27.5 Å². The Bertz CT molecular complexity index is 646. The van der Waals surface area contributed by atoms with Crippen LogP contribution in [0.2, 0.25) is 0 Å². The van der Waals surface area contributed by atoms with Crippen LogP contribution in [0.5, 0.6) is 0 Å². The Labute approximate surface area is 136 Å². The number of nitrogens with one attached hydrogen (secondary N) is 2. The molecule has 2 aromatic carbocycles. The first-order chi connectivity index (χ1) is 10.7. The van der Waals surface area contributed by atoms with Crippen LogP contribution in [0.3, 0.4) is 0 Å². The quantitative estimate of drug-likeness (QED) is 0.691. The van der Waals surface area contributed by atoms with Crippen LogP contribution in [-0.2, 0) is 16.6 Å². The van der Waals surface area contributed by atoms with E-state index >= 15 is 0 Å². The van der Waals surface area contributed by atoms with E-state index in [1.165, 1.54) is 17.3 Å². The van der Waals surface area contributed by atoms with Crippen molar-refractivity contribution in [2.24, 2.45) is 0 Å². The molecule has 0 radical (unpaired) electrons. The van der Waals surface area contributed by atoms with Gasteiger partial charge in [-0.1, -0.05) is 48.5 Å². The molecule has 4 nitrogen and oxygen atoms in total. The maximum absolute atomic E-state index is 11.9. The minimum atomic E-state index is -3.29. The van der Waals surface area contributed by atoms with Gasteiger partial charge >= 0.3 is 0 Å². The number of sulfonamides is 1. The summed E-state index contributed by atoms with van der Waals surface area (Å²) in [6.07, 6.45) is 0. The summed E-state index contributed by atoms with van der Waals surface area (Å²) >= 11 is 1.40. The Morgan fingerprint density at radius 1 is 0.909 bits per heavy atom. The molecule has 2 aromatic rings. The van der Waals surface area contributed by atoms with Crippen LogP contribution >= 0.6 is 11.8 Å². The molecule has 0 spiro atoms. The van der Waals surface area contributed by atoms with Gasteiger partial charge in [0.15, 0.2) is 0 Å². The molecule has 0 saturated heterocycles. The molecule has 0 aliphatic rings. The Morgan fingerprint density at radius 2 is 1.55 bits per heavy atom. The lowest BCUT2D eigenvalue weighted by atomic mass is 10.2. The molecule has 6 heteroatoms. The van der Waals surface area contributed by atoms with Gasteiger partial charge in [0.1, 0.15) is 5.08 Å². The fourth-order valence-electron chi connectivity index (χ4n) is 1.86. The summed E-state index contributed by atoms with van der Waals surface area (Å²) in [5.41, 5.74) is 1.83. The highest BCUT2D eigenvalue weighted by Crippen LogP contribution is 2.11. The first-order valence-electron chi connectivity index (χ1n) is 7.04. The van der Waals surface area contributed by atoms with Crippen LogP contribution in [0, 0.1) is 0 Å². The van der Waals surface area contributed by atoms with Crippen molar-refractivity contribution in [1.29, 1.82) is 0 Å². The highest BCUT2D eigenvalue weighted by Gasteiger charge is 2.09. The van der Waals surface area contributed by atoms with Gasteiger partial charge in [0.25, 0.3) is 0 Å². The lowest BCUT2D eigenvalue weighted by molar-refractivity contribution is 0.605. The smallest absolute Gasteiger partial charge is 0.242 e. The zero-order valence-corrected chi connectivity index (χ0v) is 13.9. The van der Waals surface area contributed by atoms with Crippen LogP contribution in [0.1, 0.15) is 5.56 Å². The Kier molecular flexibility index (Phi) is 6.76. The maximum atomic E-state index is 11.9. The largest absolute Gasteiger partial charge is 0.312 e. The second-order valence-electron chi connectivity index (χ2n) is 4.77. The van der Waals surface area contributed by atoms with Gasteiger partial charge in [-0.2, -0.15) is 0 Å². The third-order valence-electron chi connectivity index (χ3n) is 2.88. The van der Waals surface area contributed by atoms with E-state index < -0.39 is 10.0 Å². The molecular formula is C16H20N2O2S2. The number of thioether (sulfide) groups is 1. The van der Waals surface area contributed by atoms with Crippen LogP contribution in [0.25, 0.3) is 0 Å². The van der Waals surface area contributed by atoms with Crippen molar-refractivity contribution in [2.45, 2.75) is 6.54 Å². The molecule has 0 aromatic heterocycles. The fourth-order valence-corrected chi connectivity index (χ4v) is 4.23. The molecule has 0 saturated carbocycles. The predicted octanol–water partition coefficient (Wildman–Crippen LogP) is 2.91. The van der Waals surface area contributed by atoms with E-state index in [-0.39, 0.29) is 5.08 Å². The third-order valence-corrected chi connectivity index (χ3v) is 5.83. The van der Waals surface area contributed by atoms with Crippen LogP contribution < -0.4 is 10.0 Å². The molecule has 0 atom stereocenters. The molecule has 22 heavy (non-hydrogen) atoms. The molecule has 0 aliphatic carbocycles. The number of hydrogen-bond donors (Lipinski definition) is 2. The summed E-state index contributed by atoms with van der Waals surface area (Å²) < 4.78 is 26.4. The molecule has 2 N–H and O–H groups in total. The van der Waals surface area contributed by atoms with Gasteiger partial charge in [-0.15, -0.1) is 11.8 Å². The third kappa shape index (κ3) is 6.51. The monoisotopic (exact) mass is 336 g/mol. The van der Waals surface area contributed by atoms with Gasteiger partial charge in [-0.25, -0.2) is 8.42 Å². The first-order valence-corrected chi connectivity index (χ1v) is 9.84. The summed E-state index contributed by atoms with van der Waals surface area (Å²) in [4.78, 5) is 0. The summed E-state index contributed by atoms with van der Waals surface area (Å²) in [7, 11) is -3.29. The van der Waals surface area contributed by atoms with Gasteiger partial charge in [0.2, 0.25) is 10.0 Å². The first kappa shape index (κ1) is 16.9. The Morgan fingerprint density at radius 3 is 2.23 bits per heavy atom. The van der Waals surface area contributed by atoms with Crippen molar-refractivity contribution in [3.8, 4) is 0 Å². The Balaban J connectivity index is 1.61. The summed E-state index contributed by atoms with van der Waals surface area (Å²) in [5.74, 6) is 0.753. The summed E-state index contributed by atoms with van der Waals surface area (Å²) in [6, 6.07) is 19.1. The number of para-hydroxylation sites is 1. The van der Waals surface area contributed by atoms with E-state index in [1.807, 2.05) is 24.3 Å². The van der Waals surface area contributed by atoms with E-state index in [0.29, 0.717) is 5.69 Å². The number of hydrogen-bond acceptors (Lipinski definition) is 4. The van der Waals surface area contributed by atoms with Crippen molar-refractivity contribution in [1.82, 2.24) is 5.32 Å². The second kappa shape index (κ2) is 8.82. The number of benzene rings is 2. The van der Waals surface area contributed by atoms with E-state index in [4.69, 9.17) is 0 Å². The molecule has 0 aliphatic heterocycles. The van der Waals surface area contributed by atoms with E-state index in [9.17, 15) is 8.42 Å². The maximum Gasteiger partial charge on any atom is 0.242 e. The van der Waals surface area contributed by atoms with Gasteiger partial charge in [-0.05, 0) is 17.7 Å². The predicted molar refractivity (Wildman–Crippen MR) is 94.5 cm³/mol. The van der Waals surface area contributed by atoms with Crippen molar-refractivity contribution in [2.75, 3.05) is 22.1 Å². The normalized spacial score (nSPS) is 11.3. The zero-order valence-electron chi connectivity index (χ0n) is 12.2. The molecule has 0 amide bonds. The van der Waals surface area contributed by atoms with E-state index in [0.717, 1.165) is 18.8 Å². The van der Waals surface area contributed by atoms with Crippen LogP contribution in [0.15, 0.2) is 60.7 Å².